The van der Waals surface area contributed by atoms with Gasteiger partial charge in [0.2, 0.25) is 10.0 Å². The standard InChI is InChI=1S/C35H48N6O5S2/c1-35(2,3)40-48(44,45)31-21-27(38-33(42)37-22-24-9-6-5-7-10-24)16-17-29(31)30-23-36-32(47-30)25-12-14-26(15-13-25)39-34(43)46-20-18-28-11-8-19-41(28)4/h5-7,9-10,16-17,21,23,25-26,28,40H,8,11-15,18-20,22H2,1-4H3,(H,39,43)(H2,37,38,42)/t25?,26?,28-/m1/s1. The van der Waals surface area contributed by atoms with Crippen LogP contribution in [0.4, 0.5) is 15.3 Å². The first-order valence-electron chi connectivity index (χ1n) is 16.7. The van der Waals surface area contributed by atoms with Crippen LogP contribution in [0.3, 0.4) is 0 Å². The minimum Gasteiger partial charge on any atom is -0.449 e. The van der Waals surface area contributed by atoms with E-state index in [0.29, 0.717) is 30.4 Å². The van der Waals surface area contributed by atoms with E-state index in [1.54, 1.807) is 39.1 Å². The van der Waals surface area contributed by atoms with E-state index in [0.717, 1.165) is 60.5 Å². The summed E-state index contributed by atoms with van der Waals surface area (Å²) < 4.78 is 35.6. The molecule has 13 heteroatoms. The van der Waals surface area contributed by atoms with Gasteiger partial charge < -0.3 is 25.6 Å². The number of likely N-dealkylation sites (tertiary alicyclic amines) is 1. The van der Waals surface area contributed by atoms with Crippen LogP contribution in [-0.4, -0.2) is 68.2 Å². The van der Waals surface area contributed by atoms with Gasteiger partial charge in [0, 0.05) is 47.5 Å². The van der Waals surface area contributed by atoms with Gasteiger partial charge in [-0.1, -0.05) is 36.4 Å². The molecule has 5 rings (SSSR count). The van der Waals surface area contributed by atoms with Crippen molar-refractivity contribution in [3.05, 3.63) is 65.3 Å². The molecule has 0 bridgehead atoms. The average Bonchev–Trinajstić information content (AvgIpc) is 3.69. The first kappa shape index (κ1) is 35.8. The van der Waals surface area contributed by atoms with E-state index in [-0.39, 0.29) is 22.9 Å². The number of nitrogens with one attached hydrogen (secondary N) is 4. The zero-order valence-corrected chi connectivity index (χ0v) is 29.9. The smallest absolute Gasteiger partial charge is 0.407 e. The molecule has 0 radical (unpaired) electrons. The van der Waals surface area contributed by atoms with Crippen LogP contribution in [0.15, 0.2) is 59.6 Å². The number of sulfonamides is 1. The van der Waals surface area contributed by atoms with Gasteiger partial charge in [0.05, 0.1) is 21.4 Å². The second-order valence-corrected chi connectivity index (χ2v) is 16.5. The molecule has 260 valence electrons. The summed E-state index contributed by atoms with van der Waals surface area (Å²) in [6.07, 6.45) is 7.97. The van der Waals surface area contributed by atoms with E-state index in [2.05, 4.69) is 32.6 Å². The van der Waals surface area contributed by atoms with E-state index in [1.807, 2.05) is 30.3 Å². The SMILES string of the molecule is CN1CCC[C@@H]1CCOC(=O)NC1CCC(c2ncc(-c3ccc(NC(=O)NCc4ccccc4)cc3S(=O)(=O)NC(C)(C)C)s2)CC1. The lowest BCUT2D eigenvalue weighted by atomic mass is 9.86. The maximum Gasteiger partial charge on any atom is 0.407 e. The van der Waals surface area contributed by atoms with Crippen LogP contribution in [0, 0.1) is 0 Å². The van der Waals surface area contributed by atoms with Crippen molar-refractivity contribution in [1.82, 2.24) is 25.2 Å². The monoisotopic (exact) mass is 696 g/mol. The van der Waals surface area contributed by atoms with Crippen LogP contribution in [0.5, 0.6) is 0 Å². The lowest BCUT2D eigenvalue weighted by Gasteiger charge is -2.27. The van der Waals surface area contributed by atoms with Gasteiger partial charge in [0.1, 0.15) is 0 Å². The molecule has 48 heavy (non-hydrogen) atoms. The Labute approximate surface area is 288 Å². The Bertz CT molecular complexity index is 1650. The van der Waals surface area contributed by atoms with Gasteiger partial charge in [0.15, 0.2) is 0 Å². The van der Waals surface area contributed by atoms with Crippen molar-refractivity contribution in [1.29, 1.82) is 0 Å². The largest absolute Gasteiger partial charge is 0.449 e. The van der Waals surface area contributed by atoms with E-state index < -0.39 is 21.6 Å². The van der Waals surface area contributed by atoms with Gasteiger partial charge in [0.25, 0.3) is 0 Å². The number of benzene rings is 2. The summed E-state index contributed by atoms with van der Waals surface area (Å²) in [4.78, 5) is 32.9. The van der Waals surface area contributed by atoms with Crippen molar-refractivity contribution >= 4 is 39.2 Å². The van der Waals surface area contributed by atoms with Crippen molar-refractivity contribution < 1.29 is 22.7 Å². The molecule has 1 aliphatic carbocycles. The Hall–Kier alpha value is -3.52. The van der Waals surface area contributed by atoms with E-state index in [9.17, 15) is 18.0 Å². The molecule has 1 saturated heterocycles. The highest BCUT2D eigenvalue weighted by molar-refractivity contribution is 7.89. The molecule has 1 aliphatic heterocycles. The molecule has 2 heterocycles. The number of urea groups is 1. The number of ether oxygens (including phenoxy) is 1. The Balaban J connectivity index is 1.21. The van der Waals surface area contributed by atoms with Crippen LogP contribution in [0.1, 0.15) is 82.2 Å². The van der Waals surface area contributed by atoms with Crippen LogP contribution in [-0.2, 0) is 21.3 Å². The van der Waals surface area contributed by atoms with Gasteiger partial charge in [-0.15, -0.1) is 11.3 Å². The zero-order chi connectivity index (χ0) is 34.3. The molecule has 3 amide bonds. The minimum atomic E-state index is -3.96. The molecular weight excluding hydrogens is 649 g/mol. The minimum absolute atomic E-state index is 0.0625. The Morgan fingerprint density at radius 2 is 1.79 bits per heavy atom. The van der Waals surface area contributed by atoms with Crippen LogP contribution in [0.25, 0.3) is 10.4 Å². The number of thiazole rings is 1. The molecular formula is C35H48N6O5S2. The van der Waals surface area contributed by atoms with Crippen molar-refractivity contribution in [2.75, 3.05) is 25.5 Å². The number of anilines is 1. The summed E-state index contributed by atoms with van der Waals surface area (Å²) in [5.41, 5.74) is 1.12. The second kappa shape index (κ2) is 15.8. The fourth-order valence-corrected chi connectivity index (χ4v) is 9.22. The summed E-state index contributed by atoms with van der Waals surface area (Å²) in [6.45, 7) is 7.23. The molecule has 11 nitrogen and oxygen atoms in total. The third-order valence-corrected chi connectivity index (χ3v) is 11.8. The normalized spacial score (nSPS) is 20.3. The summed E-state index contributed by atoms with van der Waals surface area (Å²) >= 11 is 1.49. The van der Waals surface area contributed by atoms with Gasteiger partial charge in [-0.2, -0.15) is 0 Å². The van der Waals surface area contributed by atoms with Gasteiger partial charge in [-0.3, -0.25) is 0 Å². The number of aromatic nitrogens is 1. The molecule has 1 aromatic heterocycles. The highest BCUT2D eigenvalue weighted by atomic mass is 32.2. The fourth-order valence-electron chi connectivity index (χ4n) is 6.36. The summed E-state index contributed by atoms with van der Waals surface area (Å²) in [5, 5.41) is 9.56. The summed E-state index contributed by atoms with van der Waals surface area (Å²) in [6, 6.07) is 14.6. The lowest BCUT2D eigenvalue weighted by molar-refractivity contribution is 0.127. The second-order valence-electron chi connectivity index (χ2n) is 13.8. The highest BCUT2D eigenvalue weighted by Gasteiger charge is 2.29. The predicted molar refractivity (Wildman–Crippen MR) is 190 cm³/mol. The number of nitrogens with zero attached hydrogens (tertiary/aromatic N) is 2. The van der Waals surface area contributed by atoms with Crippen molar-refractivity contribution in [2.24, 2.45) is 0 Å². The van der Waals surface area contributed by atoms with Crippen molar-refractivity contribution in [3.8, 4) is 10.4 Å². The number of carbonyl (C=O) groups excluding carboxylic acids is 2. The lowest BCUT2D eigenvalue weighted by Crippen LogP contribution is -2.40. The van der Waals surface area contributed by atoms with Gasteiger partial charge >= 0.3 is 12.1 Å². The number of hydrogen-bond donors (Lipinski definition) is 4. The maximum absolute atomic E-state index is 13.7. The molecule has 1 saturated carbocycles. The highest BCUT2D eigenvalue weighted by Crippen LogP contribution is 2.40. The Morgan fingerprint density at radius 3 is 2.48 bits per heavy atom. The van der Waals surface area contributed by atoms with E-state index in [1.165, 1.54) is 23.8 Å². The van der Waals surface area contributed by atoms with E-state index >= 15 is 0 Å². The number of alkyl carbamates (subject to hydrolysis) is 1. The number of carbonyl (C=O) groups is 2. The molecule has 2 aliphatic rings. The van der Waals surface area contributed by atoms with Crippen LogP contribution in [0.2, 0.25) is 0 Å². The number of hydrogen-bond acceptors (Lipinski definition) is 8. The molecule has 2 aromatic carbocycles. The Morgan fingerprint density at radius 1 is 1.04 bits per heavy atom. The molecule has 3 aromatic rings. The quantitative estimate of drug-likeness (QED) is 0.181. The molecule has 1 atom stereocenters. The Kier molecular flexibility index (Phi) is 11.8. The molecule has 0 spiro atoms. The van der Waals surface area contributed by atoms with Gasteiger partial charge in [-0.25, -0.2) is 27.7 Å². The number of amides is 3. The predicted octanol–water partition coefficient (Wildman–Crippen LogP) is 6.45. The van der Waals surface area contributed by atoms with Crippen molar-refractivity contribution in [3.63, 3.8) is 0 Å². The average molecular weight is 697 g/mol. The molecule has 0 unspecified atom stereocenters. The maximum atomic E-state index is 13.7. The first-order valence-corrected chi connectivity index (χ1v) is 19.0. The van der Waals surface area contributed by atoms with Crippen LogP contribution >= 0.6 is 11.3 Å². The third kappa shape index (κ3) is 10.0. The molecule has 4 N–H and O–H groups in total. The number of rotatable bonds is 11. The first-order chi connectivity index (χ1) is 22.9. The van der Waals surface area contributed by atoms with Gasteiger partial charge in [-0.05, 0) is 97.0 Å². The van der Waals surface area contributed by atoms with E-state index in [4.69, 9.17) is 9.72 Å². The molecule has 2 fully saturated rings. The van der Waals surface area contributed by atoms with Crippen molar-refractivity contribution in [2.45, 2.75) is 101 Å². The fraction of sp³-hybridized carbons (Fsp3) is 0.514. The third-order valence-electron chi connectivity index (χ3n) is 8.81. The topological polar surface area (TPSA) is 142 Å². The summed E-state index contributed by atoms with van der Waals surface area (Å²) in [5.74, 6) is 0.220. The van der Waals surface area contributed by atoms with Crippen LogP contribution < -0.4 is 20.7 Å². The summed E-state index contributed by atoms with van der Waals surface area (Å²) in [7, 11) is -1.83. The zero-order valence-electron chi connectivity index (χ0n) is 28.3.